The second-order valence-electron chi connectivity index (χ2n) is 8.75. The van der Waals surface area contributed by atoms with Crippen LogP contribution in [0, 0.1) is 5.82 Å². The Balaban J connectivity index is 1.16. The van der Waals surface area contributed by atoms with Crippen LogP contribution in [-0.4, -0.2) is 67.7 Å². The Morgan fingerprint density at radius 1 is 0.919 bits per heavy atom. The van der Waals surface area contributed by atoms with Crippen molar-refractivity contribution in [1.29, 1.82) is 0 Å². The third-order valence-corrected chi connectivity index (χ3v) is 6.63. The van der Waals surface area contributed by atoms with Crippen LogP contribution in [-0.2, 0) is 4.79 Å². The number of halogens is 1. The summed E-state index contributed by atoms with van der Waals surface area (Å²) < 4.78 is 16.1. The molecular formula is C27H22FN7O2. The van der Waals surface area contributed by atoms with Crippen LogP contribution in [0.1, 0.15) is 10.4 Å². The van der Waals surface area contributed by atoms with Gasteiger partial charge in [-0.3, -0.25) is 9.59 Å². The Labute approximate surface area is 211 Å². The highest BCUT2D eigenvalue weighted by Crippen LogP contribution is 2.27. The third kappa shape index (κ3) is 4.12. The van der Waals surface area contributed by atoms with Gasteiger partial charge in [-0.05, 0) is 23.3 Å². The van der Waals surface area contributed by atoms with E-state index in [9.17, 15) is 14.0 Å². The van der Waals surface area contributed by atoms with Crippen molar-refractivity contribution in [2.75, 3.05) is 31.1 Å². The first-order valence-electron chi connectivity index (χ1n) is 11.9. The van der Waals surface area contributed by atoms with Crippen molar-refractivity contribution in [2.24, 2.45) is 0 Å². The number of ketones is 1. The fraction of sp³-hybridized carbons (Fsp3) is 0.148. The number of benzene rings is 2. The summed E-state index contributed by atoms with van der Waals surface area (Å²) in [4.78, 5) is 36.9. The van der Waals surface area contributed by atoms with E-state index in [4.69, 9.17) is 0 Å². The molecule has 0 aliphatic carbocycles. The maximum Gasteiger partial charge on any atom is 0.295 e. The van der Waals surface area contributed by atoms with Crippen LogP contribution in [0.15, 0.2) is 79.4 Å². The lowest BCUT2D eigenvalue weighted by molar-refractivity contribution is -0.126. The quantitative estimate of drug-likeness (QED) is 0.296. The first-order valence-corrected chi connectivity index (χ1v) is 11.9. The number of aromatic nitrogens is 5. The largest absolute Gasteiger partial charge is 0.368 e. The molecule has 0 spiro atoms. The number of nitrogens with one attached hydrogen (secondary N) is 1. The molecule has 3 aromatic heterocycles. The number of hydrogen-bond donors (Lipinski definition) is 1. The Bertz CT molecular complexity index is 1570. The molecule has 184 valence electrons. The highest BCUT2D eigenvalue weighted by atomic mass is 19.1. The van der Waals surface area contributed by atoms with E-state index in [2.05, 4.69) is 61.6 Å². The molecule has 0 bridgehead atoms. The van der Waals surface area contributed by atoms with E-state index in [0.717, 1.165) is 23.0 Å². The van der Waals surface area contributed by atoms with Gasteiger partial charge in [-0.25, -0.2) is 14.1 Å². The molecule has 5 aromatic rings. The van der Waals surface area contributed by atoms with Gasteiger partial charge in [0.05, 0.1) is 35.1 Å². The van der Waals surface area contributed by atoms with Crippen molar-refractivity contribution in [3.63, 3.8) is 0 Å². The predicted molar refractivity (Wildman–Crippen MR) is 136 cm³/mol. The number of carbonyl (C=O) groups excluding carboxylic acids is 2. The Morgan fingerprint density at radius 3 is 2.35 bits per heavy atom. The molecule has 1 N–H and O–H groups in total. The zero-order valence-electron chi connectivity index (χ0n) is 19.7. The van der Waals surface area contributed by atoms with Crippen LogP contribution in [0.5, 0.6) is 0 Å². The predicted octanol–water partition coefficient (Wildman–Crippen LogP) is 3.48. The van der Waals surface area contributed by atoms with Gasteiger partial charge in [0.2, 0.25) is 0 Å². The molecule has 1 aliphatic heterocycles. The molecule has 0 saturated carbocycles. The van der Waals surface area contributed by atoms with Crippen molar-refractivity contribution < 1.29 is 14.0 Å². The van der Waals surface area contributed by atoms with E-state index in [-0.39, 0.29) is 22.3 Å². The van der Waals surface area contributed by atoms with Gasteiger partial charge < -0.3 is 14.8 Å². The number of hydrogen-bond acceptors (Lipinski definition) is 6. The molecule has 1 saturated heterocycles. The first kappa shape index (κ1) is 22.6. The van der Waals surface area contributed by atoms with E-state index in [1.165, 1.54) is 22.0 Å². The monoisotopic (exact) mass is 495 g/mol. The summed E-state index contributed by atoms with van der Waals surface area (Å²) in [7, 11) is 0. The van der Waals surface area contributed by atoms with Gasteiger partial charge in [0.1, 0.15) is 0 Å². The van der Waals surface area contributed by atoms with Crippen LogP contribution in [0.2, 0.25) is 0 Å². The number of aromatic amines is 1. The Morgan fingerprint density at radius 2 is 1.65 bits per heavy atom. The van der Waals surface area contributed by atoms with Crippen molar-refractivity contribution in [2.45, 2.75) is 0 Å². The van der Waals surface area contributed by atoms with Crippen LogP contribution in [0.3, 0.4) is 0 Å². The average Bonchev–Trinajstić information content (AvgIpc) is 3.65. The van der Waals surface area contributed by atoms with Gasteiger partial charge in [0.15, 0.2) is 11.6 Å². The number of nitrogens with zero attached hydrogens (tertiary/aromatic N) is 6. The lowest BCUT2D eigenvalue weighted by Crippen LogP contribution is -2.50. The molecule has 6 rings (SSSR count). The Kier molecular flexibility index (Phi) is 5.68. The minimum absolute atomic E-state index is 0.0102. The zero-order chi connectivity index (χ0) is 25.4. The molecule has 9 nitrogen and oxygen atoms in total. The van der Waals surface area contributed by atoms with Crippen molar-refractivity contribution in [3.05, 3.63) is 90.8 Å². The maximum atomic E-state index is 14.7. The lowest BCUT2D eigenvalue weighted by Gasteiger charge is -2.35. The maximum absolute atomic E-state index is 14.7. The number of rotatable bonds is 5. The smallest absolute Gasteiger partial charge is 0.295 e. The lowest BCUT2D eigenvalue weighted by atomic mass is 10.1. The number of Topliss-reactive ketones (excluding diaryl/α,β-unsaturated/α-hetero) is 1. The number of H-pyrrole nitrogens is 1. The second-order valence-corrected chi connectivity index (χ2v) is 8.75. The highest BCUT2D eigenvalue weighted by molar-refractivity contribution is 6.45. The zero-order valence-corrected chi connectivity index (χ0v) is 19.7. The summed E-state index contributed by atoms with van der Waals surface area (Å²) in [5, 5.41) is 7.63. The standard InChI is InChI=1S/C27H22FN7O2/c28-22-17-30-26(35-11-10-31-32-35)24-23(22)21(16-29-24)25(36)27(37)34-14-12-33(13-15-34)20-8-6-19(7-9-20)18-4-2-1-3-5-18/h1-11,16-17,29H,12-15H2. The molecule has 1 amide bonds. The summed E-state index contributed by atoms with van der Waals surface area (Å²) in [6.45, 7) is 1.96. The average molecular weight is 496 g/mol. The van der Waals surface area contributed by atoms with Gasteiger partial charge in [-0.15, -0.1) is 5.10 Å². The van der Waals surface area contributed by atoms with Crippen LogP contribution >= 0.6 is 0 Å². The van der Waals surface area contributed by atoms with Gasteiger partial charge in [0, 0.05) is 38.1 Å². The van der Waals surface area contributed by atoms with Gasteiger partial charge in [-0.2, -0.15) is 0 Å². The van der Waals surface area contributed by atoms with E-state index in [0.29, 0.717) is 26.2 Å². The number of pyridine rings is 1. The van der Waals surface area contributed by atoms with Gasteiger partial charge in [-0.1, -0.05) is 47.7 Å². The summed E-state index contributed by atoms with van der Waals surface area (Å²) in [6.07, 6.45) is 5.38. The first-order chi connectivity index (χ1) is 18.1. The molecule has 0 unspecified atom stereocenters. The summed E-state index contributed by atoms with van der Waals surface area (Å²) in [6, 6.07) is 18.5. The van der Waals surface area contributed by atoms with Gasteiger partial charge in [0.25, 0.3) is 11.7 Å². The fourth-order valence-corrected chi connectivity index (χ4v) is 4.69. The van der Waals surface area contributed by atoms with E-state index >= 15 is 0 Å². The normalized spacial score (nSPS) is 13.8. The second kappa shape index (κ2) is 9.30. The molecule has 4 heterocycles. The number of anilines is 1. The molecule has 1 fully saturated rings. The molecule has 1 aliphatic rings. The number of carbonyl (C=O) groups is 2. The topological polar surface area (TPSA) is 100 Å². The van der Waals surface area contributed by atoms with E-state index < -0.39 is 17.5 Å². The summed E-state index contributed by atoms with van der Waals surface area (Å²) in [5.74, 6) is -1.83. The molecule has 0 atom stereocenters. The van der Waals surface area contributed by atoms with Crippen molar-refractivity contribution >= 4 is 28.3 Å². The molecule has 10 heteroatoms. The molecule has 0 radical (unpaired) electrons. The molecule has 2 aromatic carbocycles. The van der Waals surface area contributed by atoms with Crippen molar-refractivity contribution in [3.8, 4) is 16.9 Å². The molecular weight excluding hydrogens is 473 g/mol. The van der Waals surface area contributed by atoms with Crippen molar-refractivity contribution in [1.82, 2.24) is 29.9 Å². The van der Waals surface area contributed by atoms with E-state index in [1.54, 1.807) is 6.20 Å². The molecule has 37 heavy (non-hydrogen) atoms. The fourth-order valence-electron chi connectivity index (χ4n) is 4.69. The SMILES string of the molecule is O=C(C(=O)N1CCN(c2ccc(-c3ccccc3)cc2)CC1)c1c[nH]c2c(-n3ccnn3)ncc(F)c12. The summed E-state index contributed by atoms with van der Waals surface area (Å²) >= 11 is 0. The number of piperazine rings is 1. The number of amides is 1. The summed E-state index contributed by atoms with van der Waals surface area (Å²) in [5.41, 5.74) is 3.59. The number of fused-ring (bicyclic) bond motifs is 1. The minimum Gasteiger partial charge on any atom is -0.368 e. The van der Waals surface area contributed by atoms with Crippen LogP contribution in [0.4, 0.5) is 10.1 Å². The van der Waals surface area contributed by atoms with Crippen LogP contribution < -0.4 is 4.90 Å². The highest BCUT2D eigenvalue weighted by Gasteiger charge is 2.30. The minimum atomic E-state index is -0.762. The Hall–Kier alpha value is -4.86. The third-order valence-electron chi connectivity index (χ3n) is 6.63. The van der Waals surface area contributed by atoms with Crippen LogP contribution in [0.25, 0.3) is 27.8 Å². The van der Waals surface area contributed by atoms with E-state index in [1.807, 2.05) is 18.2 Å². The van der Waals surface area contributed by atoms with Gasteiger partial charge >= 0.3 is 0 Å².